The van der Waals surface area contributed by atoms with E-state index in [0.717, 1.165) is 6.42 Å². The van der Waals surface area contributed by atoms with Crippen LogP contribution in [0.2, 0.25) is 0 Å². The summed E-state index contributed by atoms with van der Waals surface area (Å²) in [5.41, 5.74) is 5.20. The quantitative estimate of drug-likeness (QED) is 0.650. The van der Waals surface area contributed by atoms with Crippen molar-refractivity contribution < 1.29 is 18.3 Å². The van der Waals surface area contributed by atoms with Gasteiger partial charge in [0.2, 0.25) is 5.91 Å². The number of carbonyl (C=O) groups excluding carboxylic acids is 1. The highest BCUT2D eigenvalue weighted by Gasteiger charge is 2.37. The van der Waals surface area contributed by atoms with Gasteiger partial charge in [0.1, 0.15) is 12.1 Å². The molecule has 0 aromatic heterocycles. The van der Waals surface area contributed by atoms with Gasteiger partial charge in [0.25, 0.3) is 6.43 Å². The van der Waals surface area contributed by atoms with Crippen LogP contribution in [0, 0.1) is 0 Å². The largest absolute Gasteiger partial charge is 0.375 e. The molecule has 0 saturated carbocycles. The van der Waals surface area contributed by atoms with Gasteiger partial charge in [0.05, 0.1) is 0 Å². The van der Waals surface area contributed by atoms with Crippen molar-refractivity contribution in [2.45, 2.75) is 31.7 Å². The summed E-state index contributed by atoms with van der Waals surface area (Å²) in [4.78, 5) is 12.0. The van der Waals surface area contributed by atoms with Gasteiger partial charge in [-0.25, -0.2) is 8.78 Å². The maximum Gasteiger partial charge on any atom is 0.261 e. The van der Waals surface area contributed by atoms with E-state index in [1.807, 2.05) is 13.0 Å². The van der Waals surface area contributed by atoms with Crippen molar-refractivity contribution >= 4 is 5.91 Å². The van der Waals surface area contributed by atoms with E-state index in [1.165, 1.54) is 0 Å². The van der Waals surface area contributed by atoms with E-state index in [4.69, 9.17) is 10.5 Å². The molecule has 1 amide bonds. The van der Waals surface area contributed by atoms with Gasteiger partial charge in [0.15, 0.2) is 0 Å². The van der Waals surface area contributed by atoms with Crippen LogP contribution >= 0.6 is 0 Å². The summed E-state index contributed by atoms with van der Waals surface area (Å²) in [6.45, 7) is 1.94. The van der Waals surface area contributed by atoms with Crippen molar-refractivity contribution in [1.82, 2.24) is 5.32 Å². The fourth-order valence-electron chi connectivity index (χ4n) is 2.15. The van der Waals surface area contributed by atoms with Crippen molar-refractivity contribution in [3.05, 3.63) is 35.9 Å². The normalized spacial score (nSPS) is 14.1. The van der Waals surface area contributed by atoms with Crippen LogP contribution in [0.3, 0.4) is 0 Å². The summed E-state index contributed by atoms with van der Waals surface area (Å²) < 4.78 is 29.1. The standard InChI is InChI=1S/C15H22F2N2O2/c1-2-9-19-15(14(18)20,8-10-21-11-13(16)17)12-6-4-3-5-7-12/h3-7,13,19H,2,8-11H2,1H3,(H2,18,20). The zero-order valence-corrected chi connectivity index (χ0v) is 12.1. The molecule has 0 radical (unpaired) electrons. The topological polar surface area (TPSA) is 64.3 Å². The predicted molar refractivity (Wildman–Crippen MR) is 77.0 cm³/mol. The third-order valence-corrected chi connectivity index (χ3v) is 3.23. The third-order valence-electron chi connectivity index (χ3n) is 3.23. The molecule has 1 atom stereocenters. The fraction of sp³-hybridized carbons (Fsp3) is 0.533. The van der Waals surface area contributed by atoms with Gasteiger partial charge in [-0.15, -0.1) is 0 Å². The minimum absolute atomic E-state index is 0.0267. The number of hydrogen-bond acceptors (Lipinski definition) is 3. The Balaban J connectivity index is 2.88. The maximum absolute atomic E-state index is 12.1. The number of benzene rings is 1. The summed E-state index contributed by atoms with van der Waals surface area (Å²) in [7, 11) is 0. The van der Waals surface area contributed by atoms with Crippen molar-refractivity contribution in [3.63, 3.8) is 0 Å². The molecule has 0 aliphatic carbocycles. The molecule has 6 heteroatoms. The average Bonchev–Trinajstić information content (AvgIpc) is 2.47. The number of rotatable bonds is 10. The van der Waals surface area contributed by atoms with E-state index in [9.17, 15) is 13.6 Å². The number of ether oxygens (including phenoxy) is 1. The van der Waals surface area contributed by atoms with E-state index in [0.29, 0.717) is 12.1 Å². The first-order chi connectivity index (χ1) is 10.0. The van der Waals surface area contributed by atoms with Gasteiger partial charge in [0, 0.05) is 13.0 Å². The number of primary amides is 1. The molecule has 0 saturated heterocycles. The molecule has 4 nitrogen and oxygen atoms in total. The van der Waals surface area contributed by atoms with Gasteiger partial charge in [-0.05, 0) is 18.5 Å². The lowest BCUT2D eigenvalue weighted by Crippen LogP contribution is -2.53. The van der Waals surface area contributed by atoms with E-state index >= 15 is 0 Å². The molecular formula is C15H22F2N2O2. The number of nitrogens with two attached hydrogens (primary N) is 1. The zero-order valence-electron chi connectivity index (χ0n) is 12.1. The Hall–Kier alpha value is -1.53. The molecular weight excluding hydrogens is 278 g/mol. The van der Waals surface area contributed by atoms with Gasteiger partial charge in [-0.1, -0.05) is 37.3 Å². The Labute approximate surface area is 123 Å². The lowest BCUT2D eigenvalue weighted by Gasteiger charge is -2.32. The van der Waals surface area contributed by atoms with Crippen molar-refractivity contribution in [2.75, 3.05) is 19.8 Å². The smallest absolute Gasteiger partial charge is 0.261 e. The molecule has 0 fully saturated rings. The van der Waals surface area contributed by atoms with Crippen LogP contribution in [-0.4, -0.2) is 32.1 Å². The molecule has 1 rings (SSSR count). The average molecular weight is 300 g/mol. The Morgan fingerprint density at radius 2 is 2.05 bits per heavy atom. The molecule has 118 valence electrons. The molecule has 0 heterocycles. The van der Waals surface area contributed by atoms with Crippen LogP contribution in [0.4, 0.5) is 8.78 Å². The number of nitrogens with one attached hydrogen (secondary N) is 1. The number of halogens is 2. The highest BCUT2D eigenvalue weighted by atomic mass is 19.3. The number of amides is 1. The second kappa shape index (κ2) is 8.69. The highest BCUT2D eigenvalue weighted by Crippen LogP contribution is 2.25. The van der Waals surface area contributed by atoms with Crippen LogP contribution in [-0.2, 0) is 15.1 Å². The number of hydrogen-bond donors (Lipinski definition) is 2. The SMILES string of the molecule is CCCNC(CCOCC(F)F)(C(N)=O)c1ccccc1. The number of alkyl halides is 2. The molecule has 0 aliphatic rings. The Bertz CT molecular complexity index is 429. The summed E-state index contributed by atoms with van der Waals surface area (Å²) >= 11 is 0. The summed E-state index contributed by atoms with van der Waals surface area (Å²) in [6.07, 6.45) is -1.49. The monoisotopic (exact) mass is 300 g/mol. The van der Waals surface area contributed by atoms with Crippen LogP contribution in [0.5, 0.6) is 0 Å². The fourth-order valence-corrected chi connectivity index (χ4v) is 2.15. The molecule has 0 aliphatic heterocycles. The molecule has 0 bridgehead atoms. The van der Waals surface area contributed by atoms with E-state index < -0.39 is 24.5 Å². The zero-order chi connectivity index (χ0) is 15.7. The first-order valence-electron chi connectivity index (χ1n) is 6.99. The molecule has 1 aromatic rings. The Morgan fingerprint density at radius 3 is 2.57 bits per heavy atom. The molecule has 1 aromatic carbocycles. The maximum atomic E-state index is 12.1. The minimum Gasteiger partial charge on any atom is -0.375 e. The van der Waals surface area contributed by atoms with Gasteiger partial charge in [-0.2, -0.15) is 0 Å². The summed E-state index contributed by atoms with van der Waals surface area (Å²) in [5, 5.41) is 3.14. The second-order valence-electron chi connectivity index (χ2n) is 4.78. The highest BCUT2D eigenvalue weighted by molar-refractivity contribution is 5.86. The molecule has 1 unspecified atom stereocenters. The van der Waals surface area contributed by atoms with E-state index in [1.54, 1.807) is 24.3 Å². The van der Waals surface area contributed by atoms with Gasteiger partial charge < -0.3 is 10.5 Å². The third kappa shape index (κ3) is 5.06. The van der Waals surface area contributed by atoms with Crippen LogP contribution in [0.25, 0.3) is 0 Å². The lowest BCUT2D eigenvalue weighted by atomic mass is 9.85. The lowest BCUT2D eigenvalue weighted by molar-refractivity contribution is -0.126. The van der Waals surface area contributed by atoms with Crippen molar-refractivity contribution in [1.29, 1.82) is 0 Å². The Kier molecular flexibility index (Phi) is 7.25. The minimum atomic E-state index is -2.52. The van der Waals surface area contributed by atoms with E-state index in [2.05, 4.69) is 5.32 Å². The van der Waals surface area contributed by atoms with Crippen LogP contribution in [0.15, 0.2) is 30.3 Å². The second-order valence-corrected chi connectivity index (χ2v) is 4.78. The molecule has 3 N–H and O–H groups in total. The number of carbonyl (C=O) groups is 1. The van der Waals surface area contributed by atoms with Gasteiger partial charge in [-0.3, -0.25) is 10.1 Å². The Morgan fingerprint density at radius 1 is 1.38 bits per heavy atom. The van der Waals surface area contributed by atoms with Gasteiger partial charge >= 0.3 is 0 Å². The summed E-state index contributed by atoms with van der Waals surface area (Å²) in [5.74, 6) is -0.539. The molecule has 21 heavy (non-hydrogen) atoms. The first kappa shape index (κ1) is 17.5. The molecule has 0 spiro atoms. The van der Waals surface area contributed by atoms with Crippen LogP contribution in [0.1, 0.15) is 25.3 Å². The van der Waals surface area contributed by atoms with Crippen molar-refractivity contribution in [2.24, 2.45) is 5.73 Å². The van der Waals surface area contributed by atoms with Crippen molar-refractivity contribution in [3.8, 4) is 0 Å². The van der Waals surface area contributed by atoms with E-state index in [-0.39, 0.29) is 13.0 Å². The van der Waals surface area contributed by atoms with Crippen LogP contribution < -0.4 is 11.1 Å². The predicted octanol–water partition coefficient (Wildman–Crippen LogP) is 2.04. The summed E-state index contributed by atoms with van der Waals surface area (Å²) in [6, 6.07) is 9.03. The first-order valence-corrected chi connectivity index (χ1v) is 6.99.